The Kier molecular flexibility index (Phi) is 41.2. The molecule has 37 nitrogen and oxygen atoms in total. The Morgan fingerprint density at radius 1 is 0.483 bits per heavy atom. The second-order valence-electron chi connectivity index (χ2n) is 20.4. The fourth-order valence-corrected chi connectivity index (χ4v) is 8.58. The summed E-state index contributed by atoms with van der Waals surface area (Å²) >= 11 is 1.01. The highest BCUT2D eigenvalue weighted by atomic mass is 32.2. The highest BCUT2D eigenvalue weighted by Crippen LogP contribution is 2.11. The molecule has 28 N–H and O–H groups in total. The summed E-state index contributed by atoms with van der Waals surface area (Å²) in [6.45, 7) is 1.12. The number of hydrogen-bond donors (Lipinski definition) is 22. The van der Waals surface area contributed by atoms with E-state index >= 15 is 0 Å². The molecule has 0 bridgehead atoms. The van der Waals surface area contributed by atoms with Crippen molar-refractivity contribution in [1.29, 1.82) is 0 Å². The van der Waals surface area contributed by atoms with Crippen LogP contribution in [-0.4, -0.2) is 238 Å². The topological polar surface area (TPSA) is 641 Å². The number of carbonyl (C=O) groups excluding carboxylic acids is 12. The molecule has 0 rings (SSSR count). The highest BCUT2D eigenvalue weighted by Gasteiger charge is 2.36. The van der Waals surface area contributed by atoms with Gasteiger partial charge in [0.25, 0.3) is 0 Å². The van der Waals surface area contributed by atoms with E-state index in [9.17, 15) is 87.5 Å². The maximum absolute atomic E-state index is 14.2. The van der Waals surface area contributed by atoms with Crippen LogP contribution in [-0.2, 0) is 67.1 Å². The summed E-state index contributed by atoms with van der Waals surface area (Å²) in [7, 11) is 0. The molecule has 506 valence electrons. The minimum Gasteiger partial charge on any atom is -0.481 e. The lowest BCUT2D eigenvalue weighted by atomic mass is 10.1. The van der Waals surface area contributed by atoms with Gasteiger partial charge in [-0.1, -0.05) is 6.42 Å². The molecule has 0 aromatic rings. The number of hydrogen-bond acceptors (Lipinski definition) is 22. The van der Waals surface area contributed by atoms with Crippen LogP contribution in [0.3, 0.4) is 0 Å². The van der Waals surface area contributed by atoms with Crippen LogP contribution >= 0.6 is 11.8 Å². The number of carbonyl (C=O) groups is 14. The molecule has 0 aliphatic rings. The maximum Gasteiger partial charge on any atom is 0.326 e. The molecule has 0 aliphatic carbocycles. The molecule has 0 heterocycles. The number of primary amides is 1. The van der Waals surface area contributed by atoms with Gasteiger partial charge in [0, 0.05) is 31.7 Å². The van der Waals surface area contributed by atoms with Crippen LogP contribution in [0.15, 0.2) is 4.99 Å². The number of aliphatic imine (C=N–C) groups is 1. The lowest BCUT2D eigenvalue weighted by molar-refractivity contribution is -0.142. The summed E-state index contributed by atoms with van der Waals surface area (Å²) in [6, 6.07) is -14.1. The second-order valence-corrected chi connectivity index (χ2v) is 21.5. The molecule has 0 spiro atoms. The van der Waals surface area contributed by atoms with Crippen LogP contribution < -0.4 is 92.9 Å². The number of nitrogens with two attached hydrogens (primary N) is 6. The number of carboxylic acid groups (broad SMARTS) is 2. The van der Waals surface area contributed by atoms with Crippen molar-refractivity contribution in [1.82, 2.24) is 58.5 Å². The Bertz CT molecular complexity index is 2390. The van der Waals surface area contributed by atoms with Gasteiger partial charge in [-0.2, -0.15) is 11.8 Å². The summed E-state index contributed by atoms with van der Waals surface area (Å²) in [6.07, 6.45) is -2.35. The average Bonchev–Trinajstić information content (AvgIpc) is 3.68. The first-order valence-corrected chi connectivity index (χ1v) is 29.8. The van der Waals surface area contributed by atoms with E-state index in [0.717, 1.165) is 25.6 Å². The maximum atomic E-state index is 14.2. The van der Waals surface area contributed by atoms with Gasteiger partial charge in [0.05, 0.1) is 44.4 Å². The Morgan fingerprint density at radius 2 is 1.00 bits per heavy atom. The van der Waals surface area contributed by atoms with Crippen molar-refractivity contribution < 1.29 is 92.7 Å². The molecule has 0 unspecified atom stereocenters. The number of nitrogens with zero attached hydrogens (tertiary/aromatic N) is 1. The summed E-state index contributed by atoms with van der Waals surface area (Å²) in [5, 5.41) is 75.0. The van der Waals surface area contributed by atoms with E-state index in [1.54, 1.807) is 0 Å². The number of aliphatic hydroxyl groups is 3. The number of amides is 12. The van der Waals surface area contributed by atoms with Crippen LogP contribution in [0.25, 0.3) is 0 Å². The quantitative estimate of drug-likeness (QED) is 0.0153. The third-order valence-corrected chi connectivity index (χ3v) is 13.8. The zero-order valence-electron chi connectivity index (χ0n) is 50.2. The van der Waals surface area contributed by atoms with Crippen LogP contribution in [0.2, 0.25) is 0 Å². The van der Waals surface area contributed by atoms with Crippen molar-refractivity contribution >= 4 is 101 Å². The largest absolute Gasteiger partial charge is 0.481 e. The lowest BCUT2D eigenvalue weighted by Gasteiger charge is -2.28. The van der Waals surface area contributed by atoms with Gasteiger partial charge in [-0.25, -0.2) is 4.79 Å². The summed E-state index contributed by atoms with van der Waals surface area (Å²) in [4.78, 5) is 184. The van der Waals surface area contributed by atoms with E-state index < -0.39 is 176 Å². The fourth-order valence-electron chi connectivity index (χ4n) is 7.60. The standard InChI is InChI=1S/C51H92N18O19S/c1-26(62-49(86)41(28(3)72)69-45(82)31(14-15-35(55)73)65-43(80)29(54)10-4-6-17-52)42(79)64-30(12-8-19-59-51(56)57)44(81)67-34(25-89-21-9-13-36(74)58-20-16-39(77)78)47(84)66-33(24-70)46(83)68-40(27(2)71)48(85)61-22-37(75)60-23-38(76)63-32(50(87)88)11-5-7-18-53/h26-34,40-41,70-72H,4-25,52-54H2,1-3H3,(H2,55,73)(H,58,74)(H,60,75)(H,61,85)(H,62,86)(H,63,76)(H,64,79)(H,65,80)(H,66,84)(H,67,81)(H,68,83)(H,69,82)(H,77,78)(H,87,88)(H4,56,57,59)/t26-,27+,28+,29-,30-,31-,32-,33-,34-,40-,41-/m0/s1. The van der Waals surface area contributed by atoms with Crippen molar-refractivity contribution in [2.45, 2.75) is 171 Å². The van der Waals surface area contributed by atoms with Gasteiger partial charge in [-0.3, -0.25) is 67.3 Å². The molecule has 0 fully saturated rings. The van der Waals surface area contributed by atoms with E-state index in [1.807, 2.05) is 0 Å². The molecule has 0 aromatic heterocycles. The second kappa shape index (κ2) is 45.3. The van der Waals surface area contributed by atoms with E-state index in [-0.39, 0.29) is 81.9 Å². The van der Waals surface area contributed by atoms with Crippen molar-refractivity contribution in [2.75, 3.05) is 57.4 Å². The van der Waals surface area contributed by atoms with Gasteiger partial charge in [0.2, 0.25) is 70.9 Å². The van der Waals surface area contributed by atoms with E-state index in [4.69, 9.17) is 39.5 Å². The Morgan fingerprint density at radius 3 is 1.56 bits per heavy atom. The predicted octanol–water partition coefficient (Wildman–Crippen LogP) is -10.0. The fraction of sp³-hybridized carbons (Fsp3) is 0.706. The van der Waals surface area contributed by atoms with Crippen molar-refractivity contribution in [2.24, 2.45) is 39.4 Å². The molecule has 0 saturated carbocycles. The van der Waals surface area contributed by atoms with Gasteiger partial charge in [-0.15, -0.1) is 0 Å². The zero-order chi connectivity index (χ0) is 67.8. The minimum atomic E-state index is -1.91. The first-order chi connectivity index (χ1) is 41.9. The minimum absolute atomic E-state index is 0.00278. The number of nitrogens with one attached hydrogen (secondary N) is 11. The highest BCUT2D eigenvalue weighted by molar-refractivity contribution is 7.99. The third kappa shape index (κ3) is 36.1. The number of aliphatic hydroxyl groups excluding tert-OH is 3. The van der Waals surface area contributed by atoms with E-state index in [0.29, 0.717) is 38.8 Å². The van der Waals surface area contributed by atoms with Crippen molar-refractivity contribution in [3.63, 3.8) is 0 Å². The number of aliphatic carboxylic acids is 2. The molecule has 0 radical (unpaired) electrons. The molecule has 89 heavy (non-hydrogen) atoms. The van der Waals surface area contributed by atoms with E-state index in [2.05, 4.69) is 63.5 Å². The molecule has 0 aliphatic heterocycles. The Hall–Kier alpha value is -8.04. The summed E-state index contributed by atoms with van der Waals surface area (Å²) in [5.41, 5.74) is 33.1. The molecular formula is C51H92N18O19S. The predicted molar refractivity (Wildman–Crippen MR) is 319 cm³/mol. The van der Waals surface area contributed by atoms with Gasteiger partial charge < -0.3 is 118 Å². The van der Waals surface area contributed by atoms with Crippen molar-refractivity contribution in [3.05, 3.63) is 0 Å². The van der Waals surface area contributed by atoms with Gasteiger partial charge in [-0.05, 0) is 97.4 Å². The number of guanidine groups is 1. The average molecular weight is 1290 g/mol. The van der Waals surface area contributed by atoms with Crippen LogP contribution in [0.4, 0.5) is 0 Å². The zero-order valence-corrected chi connectivity index (χ0v) is 51.0. The monoisotopic (exact) mass is 1290 g/mol. The molecular weight excluding hydrogens is 1200 g/mol. The van der Waals surface area contributed by atoms with Crippen molar-refractivity contribution in [3.8, 4) is 0 Å². The number of unbranched alkanes of at least 4 members (excludes halogenated alkanes) is 2. The summed E-state index contributed by atoms with van der Waals surface area (Å²) in [5.74, 6) is -14.7. The third-order valence-electron chi connectivity index (χ3n) is 12.6. The first-order valence-electron chi connectivity index (χ1n) is 28.6. The van der Waals surface area contributed by atoms with Gasteiger partial charge in [0.1, 0.15) is 48.3 Å². The molecule has 11 atom stereocenters. The normalized spacial score (nSPS) is 14.6. The molecule has 12 amide bonds. The number of thioether (sulfide) groups is 1. The smallest absolute Gasteiger partial charge is 0.326 e. The number of carboxylic acids is 2. The molecule has 38 heteroatoms. The van der Waals surface area contributed by atoms with Crippen LogP contribution in [0.1, 0.15) is 104 Å². The number of rotatable bonds is 48. The molecule has 0 saturated heterocycles. The first kappa shape index (κ1) is 81.0. The van der Waals surface area contributed by atoms with Crippen LogP contribution in [0.5, 0.6) is 0 Å². The summed E-state index contributed by atoms with van der Waals surface area (Å²) < 4.78 is 0. The van der Waals surface area contributed by atoms with E-state index in [1.165, 1.54) is 6.92 Å². The van der Waals surface area contributed by atoms with Gasteiger partial charge >= 0.3 is 11.9 Å². The van der Waals surface area contributed by atoms with Gasteiger partial charge in [0.15, 0.2) is 5.96 Å². The molecule has 0 aromatic carbocycles. The SMILES string of the molecule is C[C@H](NC(=O)[C@@H](NC(=O)[C@H](CCC(N)=O)NC(=O)[C@@H](N)CCCCN)[C@@H](C)O)C(=O)N[C@@H](CCCN=C(N)N)C(=O)N[C@@H](CSCCCC(=O)NCCC(=O)O)C(=O)N[C@@H](CO)C(=O)N[C@H](C(=O)NCC(=O)NCC(=O)N[C@@H](CCCCN)C(=O)O)[C@@H](C)O. The van der Waals surface area contributed by atoms with Crippen LogP contribution in [0, 0.1) is 0 Å². The Balaban J connectivity index is 6.58. The lowest BCUT2D eigenvalue weighted by Crippen LogP contribution is -2.62. The Labute approximate surface area is 517 Å².